The van der Waals surface area contributed by atoms with Crippen LogP contribution < -0.4 is 0 Å². The van der Waals surface area contributed by atoms with Crippen molar-refractivity contribution in [1.29, 1.82) is 0 Å². The van der Waals surface area contributed by atoms with Gasteiger partial charge < -0.3 is 0 Å². The van der Waals surface area contributed by atoms with Gasteiger partial charge in [-0.05, 0) is 201 Å². The fraction of sp³-hybridized carbons (Fsp3) is 0.250. The summed E-state index contributed by atoms with van der Waals surface area (Å²) in [7, 11) is 0. The van der Waals surface area contributed by atoms with Crippen LogP contribution in [0.5, 0.6) is 0 Å². The molecule has 0 amide bonds. The monoisotopic (exact) mass is 1010 g/mol. The summed E-state index contributed by atoms with van der Waals surface area (Å²) >= 11 is 0. The van der Waals surface area contributed by atoms with Crippen LogP contribution in [0.2, 0.25) is 0 Å². The quantitative estimate of drug-likeness (QED) is 0.175. The van der Waals surface area contributed by atoms with Gasteiger partial charge in [0.25, 0.3) is 0 Å². The van der Waals surface area contributed by atoms with Gasteiger partial charge in [-0.15, -0.1) is 0 Å². The SMILES string of the molecule is CCc1c2c(nc3c(C)cccc13)-c1nc3c(C)cccc3cc1CC2.CCc1c2c(nc3c(C)cccc13)-c1nc3c(C)cccc3cc1CC2.CCc1c2c(nc3c(C)cccc13)-c1nc3c(C)cccc3cc1CC2. The third-order valence-electron chi connectivity index (χ3n) is 17.4. The molecule has 15 rings (SSSR count). The van der Waals surface area contributed by atoms with Crippen LogP contribution in [-0.4, -0.2) is 29.9 Å². The number of hydrogen-bond acceptors (Lipinski definition) is 6. The van der Waals surface area contributed by atoms with Gasteiger partial charge in [-0.25, -0.2) is 29.9 Å². The molecule has 6 heteroatoms. The zero-order valence-corrected chi connectivity index (χ0v) is 46.7. The van der Waals surface area contributed by atoms with Crippen molar-refractivity contribution < 1.29 is 0 Å². The lowest BCUT2D eigenvalue weighted by atomic mass is 9.86. The molecule has 0 spiro atoms. The minimum absolute atomic E-state index is 1.03. The summed E-state index contributed by atoms with van der Waals surface area (Å²) in [4.78, 5) is 30.7. The van der Waals surface area contributed by atoms with Crippen LogP contribution in [0.1, 0.15) is 104 Å². The largest absolute Gasteiger partial charge is 0.246 e. The minimum atomic E-state index is 1.03. The van der Waals surface area contributed by atoms with Crippen molar-refractivity contribution in [2.24, 2.45) is 0 Å². The third kappa shape index (κ3) is 8.13. The summed E-state index contributed by atoms with van der Waals surface area (Å²) in [6, 6.07) is 45.8. The van der Waals surface area contributed by atoms with Crippen LogP contribution in [0.4, 0.5) is 0 Å². The van der Waals surface area contributed by atoms with Crippen LogP contribution in [0.15, 0.2) is 127 Å². The van der Waals surface area contributed by atoms with Gasteiger partial charge in [0.15, 0.2) is 0 Å². The number of rotatable bonds is 3. The van der Waals surface area contributed by atoms with E-state index in [2.05, 4.69) is 190 Å². The van der Waals surface area contributed by atoms with Crippen molar-refractivity contribution >= 4 is 65.4 Å². The van der Waals surface area contributed by atoms with Gasteiger partial charge in [-0.3, -0.25) is 0 Å². The summed E-state index contributed by atoms with van der Waals surface area (Å²) in [5, 5.41) is 7.64. The maximum atomic E-state index is 5.14. The average Bonchev–Trinajstić information content (AvgIpc) is 3.65. The van der Waals surface area contributed by atoms with E-state index >= 15 is 0 Å². The highest BCUT2D eigenvalue weighted by Crippen LogP contribution is 2.42. The Morgan fingerprint density at radius 2 is 0.526 bits per heavy atom. The summed E-state index contributed by atoms with van der Waals surface area (Å²) in [6.07, 6.45) is 9.41. The van der Waals surface area contributed by atoms with E-state index in [0.717, 1.165) is 125 Å². The van der Waals surface area contributed by atoms with E-state index in [1.54, 1.807) is 0 Å². The molecule has 6 nitrogen and oxygen atoms in total. The van der Waals surface area contributed by atoms with E-state index in [-0.39, 0.29) is 0 Å². The van der Waals surface area contributed by atoms with Gasteiger partial charge in [0.05, 0.1) is 67.3 Å². The van der Waals surface area contributed by atoms with Crippen molar-refractivity contribution in [1.82, 2.24) is 29.9 Å². The van der Waals surface area contributed by atoms with Crippen molar-refractivity contribution in [3.05, 3.63) is 211 Å². The number of nitrogens with zero attached hydrogens (tertiary/aromatic N) is 6. The highest BCUT2D eigenvalue weighted by atomic mass is 14.8. The normalized spacial score (nSPS) is 13.0. The van der Waals surface area contributed by atoms with Crippen LogP contribution in [0, 0.1) is 41.5 Å². The zero-order valence-electron chi connectivity index (χ0n) is 46.7. The predicted molar refractivity (Wildman–Crippen MR) is 326 cm³/mol. The number of aromatic nitrogens is 6. The molecule has 0 saturated heterocycles. The average molecular weight is 1020 g/mol. The first kappa shape index (κ1) is 49.4. The minimum Gasteiger partial charge on any atom is -0.246 e. The van der Waals surface area contributed by atoms with E-state index in [1.165, 1.54) is 116 Å². The predicted octanol–water partition coefficient (Wildman–Crippen LogP) is 17.2. The number of aryl methyl sites for hydroxylation is 12. The van der Waals surface area contributed by atoms with Gasteiger partial charge in [-0.2, -0.15) is 0 Å². The summed E-state index contributed by atoms with van der Waals surface area (Å²) < 4.78 is 0. The second kappa shape index (κ2) is 19.7. The molecule has 0 atom stereocenters. The fourth-order valence-electron chi connectivity index (χ4n) is 13.4. The van der Waals surface area contributed by atoms with Gasteiger partial charge in [-0.1, -0.05) is 130 Å². The van der Waals surface area contributed by atoms with E-state index < -0.39 is 0 Å². The van der Waals surface area contributed by atoms with Crippen LogP contribution in [0.3, 0.4) is 0 Å². The number of fused-ring (bicyclic) bond motifs is 15. The molecule has 78 heavy (non-hydrogen) atoms. The first-order valence-electron chi connectivity index (χ1n) is 28.4. The standard InChI is InChI=1S/3C24H22N2/c3*1-4-18-19-10-6-8-15(3)22(19)26-24-20(18)12-11-17-13-16-9-5-7-14(2)21(16)25-23(17)24/h3*5-10,13H,4,11-12H2,1-3H3. The van der Waals surface area contributed by atoms with Gasteiger partial charge in [0.1, 0.15) is 0 Å². The smallest absolute Gasteiger partial charge is 0.0931 e. The Bertz CT molecular complexity index is 4020. The Morgan fingerprint density at radius 1 is 0.282 bits per heavy atom. The zero-order chi connectivity index (χ0) is 53.5. The second-order valence-corrected chi connectivity index (χ2v) is 22.2. The molecular weight excluding hydrogens is 949 g/mol. The third-order valence-corrected chi connectivity index (χ3v) is 17.4. The van der Waals surface area contributed by atoms with Crippen molar-refractivity contribution in [3.63, 3.8) is 0 Å². The Hall–Kier alpha value is -8.22. The lowest BCUT2D eigenvalue weighted by Gasteiger charge is -2.23. The van der Waals surface area contributed by atoms with E-state index in [0.29, 0.717) is 0 Å². The highest BCUT2D eigenvalue weighted by Gasteiger charge is 2.28. The fourth-order valence-corrected chi connectivity index (χ4v) is 13.4. The maximum Gasteiger partial charge on any atom is 0.0931 e. The van der Waals surface area contributed by atoms with Crippen molar-refractivity contribution in [2.75, 3.05) is 0 Å². The molecule has 12 aromatic rings. The molecule has 0 unspecified atom stereocenters. The number of benzene rings is 6. The molecule has 0 saturated carbocycles. The van der Waals surface area contributed by atoms with Crippen LogP contribution in [-0.2, 0) is 57.8 Å². The summed E-state index contributed by atoms with van der Waals surface area (Å²) in [5.74, 6) is 0. The van der Waals surface area contributed by atoms with Crippen molar-refractivity contribution in [3.8, 4) is 34.2 Å². The first-order chi connectivity index (χ1) is 38.0. The van der Waals surface area contributed by atoms with Crippen molar-refractivity contribution in [2.45, 2.75) is 120 Å². The van der Waals surface area contributed by atoms with Gasteiger partial charge in [0, 0.05) is 32.3 Å². The molecule has 6 aromatic carbocycles. The van der Waals surface area contributed by atoms with E-state index in [1.807, 2.05) is 0 Å². The van der Waals surface area contributed by atoms with Gasteiger partial charge >= 0.3 is 0 Å². The Morgan fingerprint density at radius 3 is 0.795 bits per heavy atom. The summed E-state index contributed by atoms with van der Waals surface area (Å²) in [5.41, 5.74) is 33.2. The second-order valence-electron chi connectivity index (χ2n) is 22.2. The lowest BCUT2D eigenvalue weighted by Crippen LogP contribution is -2.11. The van der Waals surface area contributed by atoms with Crippen LogP contribution >= 0.6 is 0 Å². The molecule has 0 bridgehead atoms. The van der Waals surface area contributed by atoms with Gasteiger partial charge in [0.2, 0.25) is 0 Å². The highest BCUT2D eigenvalue weighted by molar-refractivity contribution is 5.95. The Kier molecular flexibility index (Phi) is 12.4. The molecular formula is C72H66N6. The molecule has 384 valence electrons. The Balaban J connectivity index is 0.000000111. The van der Waals surface area contributed by atoms with E-state index in [9.17, 15) is 0 Å². The van der Waals surface area contributed by atoms with Crippen LogP contribution in [0.25, 0.3) is 99.6 Å². The molecule has 3 aliphatic carbocycles. The lowest BCUT2D eigenvalue weighted by molar-refractivity contribution is 0.899. The Labute approximate surface area is 458 Å². The molecule has 0 aliphatic heterocycles. The topological polar surface area (TPSA) is 77.3 Å². The number of pyridine rings is 6. The summed E-state index contributed by atoms with van der Waals surface area (Å²) in [6.45, 7) is 19.7. The molecule has 0 radical (unpaired) electrons. The maximum absolute atomic E-state index is 5.14. The first-order valence-corrected chi connectivity index (χ1v) is 28.4. The number of hydrogen-bond donors (Lipinski definition) is 0. The molecule has 6 aromatic heterocycles. The number of para-hydroxylation sites is 6. The molecule has 6 heterocycles. The molecule has 0 fully saturated rings. The molecule has 3 aliphatic rings. The molecule has 0 N–H and O–H groups in total. The van der Waals surface area contributed by atoms with E-state index in [4.69, 9.17) is 29.9 Å².